The van der Waals surface area contributed by atoms with E-state index in [9.17, 15) is 4.39 Å². The zero-order valence-corrected chi connectivity index (χ0v) is 15.3. The minimum absolute atomic E-state index is 0.272. The molecule has 0 saturated carbocycles. The van der Waals surface area contributed by atoms with Crippen LogP contribution in [0.3, 0.4) is 0 Å². The molecule has 2 nitrogen and oxygen atoms in total. The zero-order chi connectivity index (χ0) is 16.7. The SMILES string of the molecule is Fc1ccc(NC(=S)NCCSCc2ccc(Cl)cc2Cl)cc1. The number of halogens is 3. The first-order valence-electron chi connectivity index (χ1n) is 6.86. The Hall–Kier alpha value is -1.01. The Bertz CT molecular complexity index is 666. The van der Waals surface area contributed by atoms with Crippen molar-refractivity contribution in [2.45, 2.75) is 5.75 Å². The molecule has 0 amide bonds. The summed E-state index contributed by atoms with van der Waals surface area (Å²) in [7, 11) is 0. The lowest BCUT2D eigenvalue weighted by Gasteiger charge is -2.10. The van der Waals surface area contributed by atoms with Crippen molar-refractivity contribution in [2.24, 2.45) is 0 Å². The molecule has 2 N–H and O–H groups in total. The zero-order valence-electron chi connectivity index (χ0n) is 12.1. The molecule has 0 saturated heterocycles. The van der Waals surface area contributed by atoms with E-state index in [0.29, 0.717) is 15.2 Å². The quantitative estimate of drug-likeness (QED) is 0.514. The lowest BCUT2D eigenvalue weighted by atomic mass is 10.2. The number of rotatable bonds is 6. The molecule has 0 aliphatic carbocycles. The van der Waals surface area contributed by atoms with Crippen LogP contribution in [-0.2, 0) is 5.75 Å². The van der Waals surface area contributed by atoms with E-state index in [1.807, 2.05) is 12.1 Å². The van der Waals surface area contributed by atoms with Gasteiger partial charge in [0.2, 0.25) is 0 Å². The number of hydrogen-bond acceptors (Lipinski definition) is 2. The van der Waals surface area contributed by atoms with Crippen molar-refractivity contribution in [3.05, 3.63) is 63.9 Å². The summed E-state index contributed by atoms with van der Waals surface area (Å²) in [5.74, 6) is 1.42. The fraction of sp³-hybridized carbons (Fsp3) is 0.188. The number of benzene rings is 2. The van der Waals surface area contributed by atoms with Crippen LogP contribution in [0.1, 0.15) is 5.56 Å². The first-order valence-corrected chi connectivity index (χ1v) is 9.18. The van der Waals surface area contributed by atoms with Gasteiger partial charge in [0.25, 0.3) is 0 Å². The molecule has 0 atom stereocenters. The van der Waals surface area contributed by atoms with Crippen molar-refractivity contribution in [2.75, 3.05) is 17.6 Å². The van der Waals surface area contributed by atoms with E-state index in [0.717, 1.165) is 29.3 Å². The van der Waals surface area contributed by atoms with Gasteiger partial charge in [-0.05, 0) is 54.2 Å². The van der Waals surface area contributed by atoms with Crippen LogP contribution in [-0.4, -0.2) is 17.4 Å². The largest absolute Gasteiger partial charge is 0.362 e. The van der Waals surface area contributed by atoms with Gasteiger partial charge in [-0.1, -0.05) is 29.3 Å². The third kappa shape index (κ3) is 6.55. The topological polar surface area (TPSA) is 24.1 Å². The number of anilines is 1. The summed E-state index contributed by atoms with van der Waals surface area (Å²) >= 11 is 18.9. The summed E-state index contributed by atoms with van der Waals surface area (Å²) in [5.41, 5.74) is 1.82. The standard InChI is InChI=1S/C16H15Cl2FN2S2/c17-12-2-1-11(15(18)9-12)10-23-8-7-20-16(22)21-14-5-3-13(19)4-6-14/h1-6,9H,7-8,10H2,(H2,20,21,22). The highest BCUT2D eigenvalue weighted by Gasteiger charge is 2.02. The number of thioether (sulfide) groups is 1. The van der Waals surface area contributed by atoms with Gasteiger partial charge >= 0.3 is 0 Å². The molecule has 0 aromatic heterocycles. The van der Waals surface area contributed by atoms with Crippen LogP contribution >= 0.6 is 47.2 Å². The molecule has 0 unspecified atom stereocenters. The van der Waals surface area contributed by atoms with Gasteiger partial charge in [0.1, 0.15) is 5.82 Å². The second-order valence-electron chi connectivity index (χ2n) is 4.68. The van der Waals surface area contributed by atoms with Crippen LogP contribution in [0.4, 0.5) is 10.1 Å². The summed E-state index contributed by atoms with van der Waals surface area (Å²) in [5, 5.41) is 7.95. The van der Waals surface area contributed by atoms with Gasteiger partial charge < -0.3 is 10.6 Å². The van der Waals surface area contributed by atoms with Crippen molar-refractivity contribution < 1.29 is 4.39 Å². The Morgan fingerprint density at radius 2 is 1.87 bits per heavy atom. The smallest absolute Gasteiger partial charge is 0.170 e. The molecule has 0 heterocycles. The molecular weight excluding hydrogens is 374 g/mol. The van der Waals surface area contributed by atoms with Crippen molar-refractivity contribution in [1.82, 2.24) is 5.32 Å². The Morgan fingerprint density at radius 1 is 1.13 bits per heavy atom. The van der Waals surface area contributed by atoms with Crippen LogP contribution in [0.5, 0.6) is 0 Å². The maximum Gasteiger partial charge on any atom is 0.170 e. The molecule has 2 aromatic carbocycles. The summed E-state index contributed by atoms with van der Waals surface area (Å²) in [6.07, 6.45) is 0. The molecular formula is C16H15Cl2FN2S2. The minimum Gasteiger partial charge on any atom is -0.362 e. The normalized spacial score (nSPS) is 10.4. The summed E-state index contributed by atoms with van der Waals surface area (Å²) in [6.45, 7) is 0.725. The van der Waals surface area contributed by atoms with Crippen LogP contribution in [0.25, 0.3) is 0 Å². The molecule has 7 heteroatoms. The first-order chi connectivity index (χ1) is 11.0. The lowest BCUT2D eigenvalue weighted by Crippen LogP contribution is -2.30. The third-order valence-electron chi connectivity index (χ3n) is 2.91. The van der Waals surface area contributed by atoms with Crippen LogP contribution in [0.15, 0.2) is 42.5 Å². The Morgan fingerprint density at radius 3 is 2.57 bits per heavy atom. The van der Waals surface area contributed by atoms with Crippen LogP contribution in [0.2, 0.25) is 10.0 Å². The van der Waals surface area contributed by atoms with E-state index in [4.69, 9.17) is 35.4 Å². The Kier molecular flexibility index (Phi) is 7.43. The number of hydrogen-bond donors (Lipinski definition) is 2. The monoisotopic (exact) mass is 388 g/mol. The second kappa shape index (κ2) is 9.33. The maximum atomic E-state index is 12.8. The lowest BCUT2D eigenvalue weighted by molar-refractivity contribution is 0.628. The van der Waals surface area contributed by atoms with Gasteiger partial charge in [-0.2, -0.15) is 11.8 Å². The van der Waals surface area contributed by atoms with Crippen LogP contribution < -0.4 is 10.6 Å². The molecule has 0 aliphatic rings. The minimum atomic E-state index is -0.272. The second-order valence-corrected chi connectivity index (χ2v) is 7.03. The van der Waals surface area contributed by atoms with E-state index in [1.165, 1.54) is 12.1 Å². The van der Waals surface area contributed by atoms with Crippen LogP contribution in [0, 0.1) is 5.82 Å². The van der Waals surface area contributed by atoms with Gasteiger partial charge in [0, 0.05) is 33.8 Å². The predicted octanol–water partition coefficient (Wildman–Crippen LogP) is 5.35. The molecule has 0 fully saturated rings. The predicted molar refractivity (Wildman–Crippen MR) is 103 cm³/mol. The number of nitrogens with one attached hydrogen (secondary N) is 2. The van der Waals surface area contributed by atoms with E-state index in [1.54, 1.807) is 30.0 Å². The average Bonchev–Trinajstić information content (AvgIpc) is 2.51. The molecule has 0 radical (unpaired) electrons. The summed E-state index contributed by atoms with van der Waals surface area (Å²) < 4.78 is 12.8. The van der Waals surface area contributed by atoms with E-state index >= 15 is 0 Å². The Labute approximate surface area is 154 Å². The highest BCUT2D eigenvalue weighted by atomic mass is 35.5. The summed E-state index contributed by atoms with van der Waals surface area (Å²) in [6, 6.07) is 11.6. The van der Waals surface area contributed by atoms with Gasteiger partial charge in [-0.25, -0.2) is 4.39 Å². The van der Waals surface area contributed by atoms with Gasteiger partial charge in [-0.15, -0.1) is 0 Å². The molecule has 0 aliphatic heterocycles. The van der Waals surface area contributed by atoms with E-state index in [2.05, 4.69) is 10.6 Å². The maximum absolute atomic E-state index is 12.8. The highest BCUT2D eigenvalue weighted by molar-refractivity contribution is 7.98. The third-order valence-corrected chi connectivity index (χ3v) is 4.75. The van der Waals surface area contributed by atoms with Crippen molar-refractivity contribution >= 4 is 58.0 Å². The van der Waals surface area contributed by atoms with Gasteiger partial charge in [-0.3, -0.25) is 0 Å². The van der Waals surface area contributed by atoms with E-state index in [-0.39, 0.29) is 5.82 Å². The first kappa shape index (κ1) is 18.3. The van der Waals surface area contributed by atoms with Gasteiger partial charge in [0.15, 0.2) is 5.11 Å². The molecule has 122 valence electrons. The molecule has 0 bridgehead atoms. The fourth-order valence-corrected chi connectivity index (χ4v) is 3.40. The average molecular weight is 389 g/mol. The molecule has 2 rings (SSSR count). The molecule has 0 spiro atoms. The molecule has 2 aromatic rings. The van der Waals surface area contributed by atoms with Crippen molar-refractivity contribution in [3.63, 3.8) is 0 Å². The highest BCUT2D eigenvalue weighted by Crippen LogP contribution is 2.24. The number of thiocarbonyl (C=S) groups is 1. The summed E-state index contributed by atoms with van der Waals surface area (Å²) in [4.78, 5) is 0. The van der Waals surface area contributed by atoms with Crippen molar-refractivity contribution in [1.29, 1.82) is 0 Å². The fourth-order valence-electron chi connectivity index (χ4n) is 1.77. The molecule has 23 heavy (non-hydrogen) atoms. The Balaban J connectivity index is 1.65. The van der Waals surface area contributed by atoms with Gasteiger partial charge in [0.05, 0.1) is 0 Å². The van der Waals surface area contributed by atoms with E-state index < -0.39 is 0 Å². The van der Waals surface area contributed by atoms with Crippen molar-refractivity contribution in [3.8, 4) is 0 Å².